The Hall–Kier alpha value is -1.24. The Labute approximate surface area is 125 Å². The average molecular weight is 338 g/mol. The van der Waals surface area contributed by atoms with Crippen LogP contribution in [0.4, 0.5) is 0 Å². The molecule has 0 spiro atoms. The van der Waals surface area contributed by atoms with Crippen molar-refractivity contribution in [3.05, 3.63) is 44.9 Å². The lowest BCUT2D eigenvalue weighted by Gasteiger charge is -2.22. The predicted octanol–water partition coefficient (Wildman–Crippen LogP) is 1.41. The normalized spacial score (nSPS) is 19.8. The molecule has 0 amide bonds. The highest BCUT2D eigenvalue weighted by atomic mass is 79.9. The third-order valence-electron chi connectivity index (χ3n) is 3.75. The van der Waals surface area contributed by atoms with Gasteiger partial charge >= 0.3 is 0 Å². The molecular formula is C14H16BrN3O2. The molecule has 1 aliphatic heterocycles. The van der Waals surface area contributed by atoms with Crippen LogP contribution < -0.4 is 5.56 Å². The number of nitrogens with zero attached hydrogens (tertiary/aromatic N) is 3. The number of pyridine rings is 1. The van der Waals surface area contributed by atoms with Crippen LogP contribution in [0.1, 0.15) is 18.5 Å². The molecule has 3 rings (SSSR count). The maximum absolute atomic E-state index is 12.1. The Morgan fingerprint density at radius 3 is 3.10 bits per heavy atom. The van der Waals surface area contributed by atoms with Crippen LogP contribution in [-0.4, -0.2) is 38.6 Å². The quantitative estimate of drug-likeness (QED) is 0.920. The van der Waals surface area contributed by atoms with Gasteiger partial charge in [0.25, 0.3) is 5.56 Å². The lowest BCUT2D eigenvalue weighted by molar-refractivity contribution is 0.152. The SMILES string of the molecule is O=c1cc(CN2CCC[C@@H]2CO)nc2ccc(Br)cn12. The standard InChI is InChI=1S/C14H16BrN3O2/c15-10-3-4-13-16-11(6-14(20)18(13)7-10)8-17-5-1-2-12(17)9-19/h3-4,6-7,12,19H,1-2,5,8-9H2/t12-/m1/s1. The molecule has 0 bridgehead atoms. The molecule has 0 unspecified atom stereocenters. The largest absolute Gasteiger partial charge is 0.395 e. The molecule has 2 aromatic rings. The van der Waals surface area contributed by atoms with E-state index >= 15 is 0 Å². The zero-order chi connectivity index (χ0) is 14.1. The van der Waals surface area contributed by atoms with E-state index in [4.69, 9.17) is 0 Å². The fourth-order valence-corrected chi connectivity index (χ4v) is 3.06. The Balaban J connectivity index is 1.93. The summed E-state index contributed by atoms with van der Waals surface area (Å²) < 4.78 is 2.38. The first-order chi connectivity index (χ1) is 9.67. The second-order valence-electron chi connectivity index (χ2n) is 5.11. The molecule has 0 saturated carbocycles. The van der Waals surface area contributed by atoms with Crippen molar-refractivity contribution in [2.75, 3.05) is 13.2 Å². The summed E-state index contributed by atoms with van der Waals surface area (Å²) in [5.41, 5.74) is 1.33. The smallest absolute Gasteiger partial charge is 0.258 e. The van der Waals surface area contributed by atoms with Gasteiger partial charge in [0.2, 0.25) is 0 Å². The van der Waals surface area contributed by atoms with Crippen molar-refractivity contribution in [3.8, 4) is 0 Å². The fourth-order valence-electron chi connectivity index (χ4n) is 2.73. The third-order valence-corrected chi connectivity index (χ3v) is 4.22. The molecule has 1 atom stereocenters. The number of aliphatic hydroxyl groups is 1. The topological polar surface area (TPSA) is 57.8 Å². The molecule has 106 valence electrons. The van der Waals surface area contributed by atoms with Gasteiger partial charge in [0.15, 0.2) is 0 Å². The van der Waals surface area contributed by atoms with Crippen molar-refractivity contribution in [1.29, 1.82) is 0 Å². The van der Waals surface area contributed by atoms with Crippen LogP contribution in [0.3, 0.4) is 0 Å². The highest BCUT2D eigenvalue weighted by molar-refractivity contribution is 9.10. The number of hydrogen-bond acceptors (Lipinski definition) is 4. The number of hydrogen-bond donors (Lipinski definition) is 1. The summed E-state index contributed by atoms with van der Waals surface area (Å²) in [6.45, 7) is 1.74. The Kier molecular flexibility index (Phi) is 3.87. The Morgan fingerprint density at radius 2 is 2.30 bits per heavy atom. The van der Waals surface area contributed by atoms with Gasteiger partial charge in [0, 0.05) is 29.3 Å². The summed E-state index contributed by atoms with van der Waals surface area (Å²) in [5, 5.41) is 9.34. The van der Waals surface area contributed by atoms with Gasteiger partial charge in [-0.1, -0.05) is 0 Å². The van der Waals surface area contributed by atoms with Crippen LogP contribution in [0, 0.1) is 0 Å². The van der Waals surface area contributed by atoms with E-state index in [2.05, 4.69) is 25.8 Å². The van der Waals surface area contributed by atoms with Crippen molar-refractivity contribution in [2.45, 2.75) is 25.4 Å². The van der Waals surface area contributed by atoms with Gasteiger partial charge in [-0.2, -0.15) is 0 Å². The molecular weight excluding hydrogens is 322 g/mol. The molecule has 1 N–H and O–H groups in total. The molecule has 0 aliphatic carbocycles. The first-order valence-corrected chi connectivity index (χ1v) is 7.49. The van der Waals surface area contributed by atoms with Crippen molar-refractivity contribution in [1.82, 2.24) is 14.3 Å². The van der Waals surface area contributed by atoms with E-state index in [0.717, 1.165) is 29.6 Å². The van der Waals surface area contributed by atoms with Crippen molar-refractivity contribution >= 4 is 21.6 Å². The first-order valence-electron chi connectivity index (χ1n) is 6.70. The number of fused-ring (bicyclic) bond motifs is 1. The minimum Gasteiger partial charge on any atom is -0.395 e. The molecule has 6 heteroatoms. The van der Waals surface area contributed by atoms with E-state index in [1.165, 1.54) is 4.40 Å². The van der Waals surface area contributed by atoms with E-state index in [0.29, 0.717) is 12.2 Å². The van der Waals surface area contributed by atoms with Crippen LogP contribution in [0.15, 0.2) is 33.7 Å². The minimum atomic E-state index is -0.0777. The van der Waals surface area contributed by atoms with Gasteiger partial charge in [-0.3, -0.25) is 14.1 Å². The third kappa shape index (κ3) is 2.63. The summed E-state index contributed by atoms with van der Waals surface area (Å²) in [6.07, 6.45) is 3.82. The highest BCUT2D eigenvalue weighted by Gasteiger charge is 2.24. The van der Waals surface area contributed by atoms with Crippen LogP contribution in [0.25, 0.3) is 5.65 Å². The van der Waals surface area contributed by atoms with Gasteiger partial charge in [0.1, 0.15) is 5.65 Å². The summed E-state index contributed by atoms with van der Waals surface area (Å²) in [7, 11) is 0. The van der Waals surface area contributed by atoms with Crippen LogP contribution in [0.5, 0.6) is 0 Å². The Bertz CT molecular complexity index is 686. The van der Waals surface area contributed by atoms with E-state index in [9.17, 15) is 9.90 Å². The molecule has 3 heterocycles. The van der Waals surface area contributed by atoms with Crippen LogP contribution >= 0.6 is 15.9 Å². The van der Waals surface area contributed by atoms with E-state index in [1.54, 1.807) is 12.3 Å². The van der Waals surface area contributed by atoms with Crippen molar-refractivity contribution < 1.29 is 5.11 Å². The van der Waals surface area contributed by atoms with Crippen molar-refractivity contribution in [3.63, 3.8) is 0 Å². The molecule has 2 aromatic heterocycles. The molecule has 0 radical (unpaired) electrons. The fraction of sp³-hybridized carbons (Fsp3) is 0.429. The lowest BCUT2D eigenvalue weighted by Crippen LogP contribution is -2.32. The van der Waals surface area contributed by atoms with Gasteiger partial charge < -0.3 is 5.11 Å². The maximum atomic E-state index is 12.1. The van der Waals surface area contributed by atoms with Crippen LogP contribution in [0.2, 0.25) is 0 Å². The highest BCUT2D eigenvalue weighted by Crippen LogP contribution is 2.19. The molecule has 0 aromatic carbocycles. The summed E-state index contributed by atoms with van der Waals surface area (Å²) >= 11 is 3.35. The molecule has 1 fully saturated rings. The zero-order valence-electron chi connectivity index (χ0n) is 11.0. The molecule has 5 nitrogen and oxygen atoms in total. The summed E-state index contributed by atoms with van der Waals surface area (Å²) in [4.78, 5) is 18.8. The second-order valence-corrected chi connectivity index (χ2v) is 6.03. The molecule has 1 aliphatic rings. The van der Waals surface area contributed by atoms with Gasteiger partial charge in [0.05, 0.1) is 12.3 Å². The molecule has 1 saturated heterocycles. The van der Waals surface area contributed by atoms with Gasteiger partial charge in [-0.15, -0.1) is 0 Å². The number of aromatic nitrogens is 2. The van der Waals surface area contributed by atoms with E-state index in [1.807, 2.05) is 12.1 Å². The Morgan fingerprint density at radius 1 is 1.45 bits per heavy atom. The minimum absolute atomic E-state index is 0.0777. The predicted molar refractivity (Wildman–Crippen MR) is 79.7 cm³/mol. The monoisotopic (exact) mass is 337 g/mol. The molecule has 20 heavy (non-hydrogen) atoms. The number of likely N-dealkylation sites (tertiary alicyclic amines) is 1. The van der Waals surface area contributed by atoms with E-state index in [-0.39, 0.29) is 18.2 Å². The first kappa shape index (κ1) is 13.7. The van der Waals surface area contributed by atoms with Gasteiger partial charge in [-0.05, 0) is 47.4 Å². The van der Waals surface area contributed by atoms with Crippen LogP contribution in [-0.2, 0) is 6.54 Å². The summed E-state index contributed by atoms with van der Waals surface area (Å²) in [6, 6.07) is 5.47. The second kappa shape index (κ2) is 5.63. The number of rotatable bonds is 3. The van der Waals surface area contributed by atoms with E-state index < -0.39 is 0 Å². The summed E-state index contributed by atoms with van der Waals surface area (Å²) in [5.74, 6) is 0. The van der Waals surface area contributed by atoms with Gasteiger partial charge in [-0.25, -0.2) is 4.98 Å². The lowest BCUT2D eigenvalue weighted by atomic mass is 10.2. The number of halogens is 1. The maximum Gasteiger partial charge on any atom is 0.258 e. The zero-order valence-corrected chi connectivity index (χ0v) is 12.6. The van der Waals surface area contributed by atoms with Crippen molar-refractivity contribution in [2.24, 2.45) is 0 Å². The number of aliphatic hydroxyl groups excluding tert-OH is 1. The average Bonchev–Trinajstić information content (AvgIpc) is 2.87.